The molecule has 2 nitrogen and oxygen atoms in total. The third kappa shape index (κ3) is 7.29. The molecule has 1 N–H and O–H groups in total. The van der Waals surface area contributed by atoms with Gasteiger partial charge in [-0.15, -0.1) is 24.8 Å². The highest BCUT2D eigenvalue weighted by Crippen LogP contribution is 2.32. The van der Waals surface area contributed by atoms with Crippen LogP contribution in [0.2, 0.25) is 0 Å². The van der Waals surface area contributed by atoms with Crippen molar-refractivity contribution >= 4 is 24.8 Å². The van der Waals surface area contributed by atoms with Gasteiger partial charge in [-0.2, -0.15) is 13.2 Å². The minimum atomic E-state index is -4.09. The van der Waals surface area contributed by atoms with Crippen molar-refractivity contribution in [2.24, 2.45) is 0 Å². The van der Waals surface area contributed by atoms with Crippen LogP contribution in [-0.4, -0.2) is 37.3 Å². The van der Waals surface area contributed by atoms with Gasteiger partial charge in [0.1, 0.15) is 0 Å². The Morgan fingerprint density at radius 1 is 1.04 bits per heavy atom. The van der Waals surface area contributed by atoms with E-state index in [0.29, 0.717) is 0 Å². The molecule has 1 aliphatic heterocycles. The summed E-state index contributed by atoms with van der Waals surface area (Å²) in [5.41, 5.74) is 3.23. The van der Waals surface area contributed by atoms with E-state index in [4.69, 9.17) is 0 Å². The number of benzene rings is 1. The van der Waals surface area contributed by atoms with E-state index in [1.54, 1.807) is 0 Å². The molecule has 23 heavy (non-hydrogen) atoms. The Kier molecular flexibility index (Phi) is 9.51. The Balaban J connectivity index is 0.00000242. The summed E-state index contributed by atoms with van der Waals surface area (Å²) in [6, 6.07) is 5.96. The molecule has 1 fully saturated rings. The van der Waals surface area contributed by atoms with Crippen LogP contribution in [0.15, 0.2) is 18.2 Å². The molecule has 0 aromatic heterocycles. The van der Waals surface area contributed by atoms with Crippen LogP contribution in [0.4, 0.5) is 13.2 Å². The highest BCUT2D eigenvalue weighted by Gasteiger charge is 2.31. The Hall–Kier alpha value is -0.490. The first-order chi connectivity index (χ1) is 9.85. The molecule has 0 spiro atoms. The fourth-order valence-corrected chi connectivity index (χ4v) is 3.06. The van der Waals surface area contributed by atoms with Crippen molar-refractivity contribution in [1.82, 2.24) is 10.2 Å². The van der Waals surface area contributed by atoms with Crippen molar-refractivity contribution in [2.75, 3.05) is 26.2 Å². The van der Waals surface area contributed by atoms with E-state index in [1.807, 2.05) is 26.0 Å². The van der Waals surface area contributed by atoms with Gasteiger partial charge in [0.05, 0.1) is 0 Å². The van der Waals surface area contributed by atoms with Crippen LogP contribution in [0.3, 0.4) is 0 Å². The van der Waals surface area contributed by atoms with Crippen LogP contribution in [0.1, 0.15) is 35.6 Å². The SMILES string of the molecule is Cc1cc(C)cc([C@@H](CCC(F)(F)F)N2CCNCC2)c1.Cl.Cl. The lowest BCUT2D eigenvalue weighted by Crippen LogP contribution is -2.45. The normalized spacial score (nSPS) is 17.1. The molecule has 134 valence electrons. The number of nitrogens with zero attached hydrogens (tertiary/aromatic N) is 1. The van der Waals surface area contributed by atoms with Crippen molar-refractivity contribution < 1.29 is 13.2 Å². The highest BCUT2D eigenvalue weighted by atomic mass is 35.5. The van der Waals surface area contributed by atoms with E-state index in [-0.39, 0.29) is 37.3 Å². The molecule has 1 saturated heterocycles. The molecule has 7 heteroatoms. The number of nitrogens with one attached hydrogen (secondary N) is 1. The van der Waals surface area contributed by atoms with Gasteiger partial charge in [-0.3, -0.25) is 4.90 Å². The van der Waals surface area contributed by atoms with Crippen LogP contribution >= 0.6 is 24.8 Å². The summed E-state index contributed by atoms with van der Waals surface area (Å²) >= 11 is 0. The van der Waals surface area contributed by atoms with Crippen LogP contribution in [0.25, 0.3) is 0 Å². The zero-order chi connectivity index (χ0) is 15.5. The second-order valence-electron chi connectivity index (χ2n) is 5.88. The lowest BCUT2D eigenvalue weighted by Gasteiger charge is -2.35. The molecular formula is C16H25Cl2F3N2. The van der Waals surface area contributed by atoms with Gasteiger partial charge in [0.2, 0.25) is 0 Å². The standard InChI is InChI=1S/C16H23F3N2.2ClH/c1-12-9-13(2)11-14(10-12)15(3-4-16(17,18)19)21-7-5-20-6-8-21;;/h9-11,15,20H,3-8H2,1-2H3;2*1H/t15-;;/m1../s1. The van der Waals surface area contributed by atoms with E-state index in [2.05, 4.69) is 16.3 Å². The molecule has 0 amide bonds. The average Bonchev–Trinajstić information content (AvgIpc) is 2.37. The molecule has 0 radical (unpaired) electrons. The summed E-state index contributed by atoms with van der Waals surface area (Å²) in [5, 5.41) is 3.25. The molecule has 2 rings (SSSR count). The molecule has 0 bridgehead atoms. The Labute approximate surface area is 148 Å². The first kappa shape index (κ1) is 22.5. The van der Waals surface area contributed by atoms with Crippen molar-refractivity contribution in [1.29, 1.82) is 0 Å². The predicted molar refractivity (Wildman–Crippen MR) is 92.9 cm³/mol. The maximum atomic E-state index is 12.6. The summed E-state index contributed by atoms with van der Waals surface area (Å²) in [4.78, 5) is 2.18. The second-order valence-corrected chi connectivity index (χ2v) is 5.88. The molecular weight excluding hydrogens is 348 g/mol. The molecule has 0 aliphatic carbocycles. The van der Waals surface area contributed by atoms with E-state index in [0.717, 1.165) is 42.9 Å². The van der Waals surface area contributed by atoms with E-state index >= 15 is 0 Å². The zero-order valence-electron chi connectivity index (χ0n) is 13.4. The quantitative estimate of drug-likeness (QED) is 0.840. The molecule has 1 aromatic rings. The Morgan fingerprint density at radius 2 is 1.57 bits per heavy atom. The summed E-state index contributed by atoms with van der Waals surface area (Å²) < 4.78 is 37.9. The monoisotopic (exact) mass is 372 g/mol. The summed E-state index contributed by atoms with van der Waals surface area (Å²) in [6.45, 7) is 7.27. The van der Waals surface area contributed by atoms with Gasteiger partial charge < -0.3 is 5.32 Å². The zero-order valence-corrected chi connectivity index (χ0v) is 15.1. The Bertz CT molecular complexity index is 455. The van der Waals surface area contributed by atoms with Gasteiger partial charge >= 0.3 is 6.18 Å². The number of alkyl halides is 3. The molecule has 0 unspecified atom stereocenters. The minimum Gasteiger partial charge on any atom is -0.314 e. The Morgan fingerprint density at radius 3 is 2.04 bits per heavy atom. The first-order valence-corrected chi connectivity index (χ1v) is 7.45. The first-order valence-electron chi connectivity index (χ1n) is 7.45. The third-order valence-electron chi connectivity index (χ3n) is 3.92. The maximum Gasteiger partial charge on any atom is 0.389 e. The number of rotatable bonds is 4. The third-order valence-corrected chi connectivity index (χ3v) is 3.92. The van der Waals surface area contributed by atoms with Gasteiger partial charge in [-0.05, 0) is 25.8 Å². The highest BCUT2D eigenvalue weighted by molar-refractivity contribution is 5.85. The number of hydrogen-bond donors (Lipinski definition) is 1. The number of halogens is 5. The van der Waals surface area contributed by atoms with Crippen molar-refractivity contribution in [3.05, 3.63) is 34.9 Å². The largest absolute Gasteiger partial charge is 0.389 e. The molecule has 0 saturated carbocycles. The van der Waals surface area contributed by atoms with E-state index in [9.17, 15) is 13.2 Å². The van der Waals surface area contributed by atoms with Crippen molar-refractivity contribution in [3.8, 4) is 0 Å². The lowest BCUT2D eigenvalue weighted by atomic mass is 9.96. The van der Waals surface area contributed by atoms with Gasteiger partial charge in [-0.1, -0.05) is 29.3 Å². The predicted octanol–water partition coefficient (Wildman–Crippen LogP) is 4.44. The molecule has 1 aliphatic rings. The van der Waals surface area contributed by atoms with Gasteiger partial charge in [-0.25, -0.2) is 0 Å². The average molecular weight is 373 g/mol. The van der Waals surface area contributed by atoms with Crippen LogP contribution in [0, 0.1) is 13.8 Å². The minimum absolute atomic E-state index is 0. The molecule has 1 heterocycles. The van der Waals surface area contributed by atoms with Crippen molar-refractivity contribution in [3.63, 3.8) is 0 Å². The summed E-state index contributed by atoms with van der Waals surface area (Å²) in [5.74, 6) is 0. The number of aryl methyl sites for hydroxylation is 2. The fraction of sp³-hybridized carbons (Fsp3) is 0.625. The van der Waals surface area contributed by atoms with Gasteiger partial charge in [0, 0.05) is 38.6 Å². The summed E-state index contributed by atoms with van der Waals surface area (Å²) in [7, 11) is 0. The van der Waals surface area contributed by atoms with Gasteiger partial charge in [0.15, 0.2) is 0 Å². The fourth-order valence-electron chi connectivity index (χ4n) is 3.06. The molecule has 1 aromatic carbocycles. The van der Waals surface area contributed by atoms with Crippen LogP contribution in [0.5, 0.6) is 0 Å². The lowest BCUT2D eigenvalue weighted by molar-refractivity contribution is -0.138. The number of hydrogen-bond acceptors (Lipinski definition) is 2. The maximum absolute atomic E-state index is 12.6. The van der Waals surface area contributed by atoms with Gasteiger partial charge in [0.25, 0.3) is 0 Å². The van der Waals surface area contributed by atoms with Crippen LogP contribution < -0.4 is 5.32 Å². The molecule has 1 atom stereocenters. The number of piperazine rings is 1. The topological polar surface area (TPSA) is 15.3 Å². The summed E-state index contributed by atoms with van der Waals surface area (Å²) in [6.07, 6.45) is -4.69. The van der Waals surface area contributed by atoms with Crippen LogP contribution in [-0.2, 0) is 0 Å². The second kappa shape index (κ2) is 9.72. The van der Waals surface area contributed by atoms with E-state index < -0.39 is 12.6 Å². The van der Waals surface area contributed by atoms with E-state index in [1.165, 1.54) is 0 Å². The smallest absolute Gasteiger partial charge is 0.314 e. The van der Waals surface area contributed by atoms with Crippen molar-refractivity contribution in [2.45, 2.75) is 38.9 Å².